The SMILES string of the molecule is C.C1CCCCCCC1.CC(O)CC(O)C(F)(F)F.C[CH-]C.C[CH-]C.[Rh+2]. The number of rotatable bonds is 2. The van der Waals surface area contributed by atoms with Crippen molar-refractivity contribution in [1.82, 2.24) is 0 Å². The average Bonchev–Trinajstić information content (AvgIpc) is 2.38. The van der Waals surface area contributed by atoms with Gasteiger partial charge in [-0.15, -0.1) is 0 Å². The normalized spacial score (nSPS) is 15.9. The number of alkyl halides is 3. The van der Waals surface area contributed by atoms with Crippen LogP contribution in [0.25, 0.3) is 0 Å². The van der Waals surface area contributed by atoms with Crippen molar-refractivity contribution < 1.29 is 42.9 Å². The maximum atomic E-state index is 11.4. The second-order valence-electron chi connectivity index (χ2n) is 6.13. The molecule has 2 N–H and O–H groups in total. The van der Waals surface area contributed by atoms with E-state index in [-0.39, 0.29) is 26.9 Å². The van der Waals surface area contributed by atoms with Crippen molar-refractivity contribution in [3.63, 3.8) is 0 Å². The third kappa shape index (κ3) is 39.4. The van der Waals surface area contributed by atoms with Crippen molar-refractivity contribution in [2.45, 2.75) is 118 Å². The number of hydrogen-bond acceptors (Lipinski definition) is 2. The molecule has 2 atom stereocenters. The second-order valence-corrected chi connectivity index (χ2v) is 6.13. The molecule has 1 fully saturated rings. The van der Waals surface area contributed by atoms with Gasteiger partial charge in [-0.25, -0.2) is 0 Å². The maximum absolute atomic E-state index is 11.4. The molecule has 0 aliphatic heterocycles. The van der Waals surface area contributed by atoms with Crippen LogP contribution in [0.4, 0.5) is 13.2 Å². The molecule has 1 radical (unpaired) electrons. The Morgan fingerprint density at radius 3 is 1.04 bits per heavy atom. The van der Waals surface area contributed by atoms with E-state index >= 15 is 0 Å². The summed E-state index contributed by atoms with van der Waals surface area (Å²) in [7, 11) is 0. The summed E-state index contributed by atoms with van der Waals surface area (Å²) < 4.78 is 34.3. The van der Waals surface area contributed by atoms with Gasteiger partial charge in [0.25, 0.3) is 0 Å². The molecule has 0 aromatic heterocycles. The van der Waals surface area contributed by atoms with E-state index in [2.05, 4.69) is 0 Å². The fourth-order valence-electron chi connectivity index (χ4n) is 1.87. The Balaban J connectivity index is -0.0000000827. The Kier molecular flexibility index (Phi) is 39.3. The predicted molar refractivity (Wildman–Crippen MR) is 103 cm³/mol. The number of aliphatic hydroxyl groups is 2. The van der Waals surface area contributed by atoms with Crippen LogP contribution >= 0.6 is 0 Å². The van der Waals surface area contributed by atoms with Gasteiger partial charge in [0.1, 0.15) is 0 Å². The van der Waals surface area contributed by atoms with Crippen molar-refractivity contribution in [3.05, 3.63) is 12.8 Å². The summed E-state index contributed by atoms with van der Waals surface area (Å²) in [5.41, 5.74) is 0. The third-order valence-electron chi connectivity index (χ3n) is 2.94. The molecule has 26 heavy (non-hydrogen) atoms. The molecule has 0 bridgehead atoms. The van der Waals surface area contributed by atoms with E-state index in [4.69, 9.17) is 10.2 Å². The van der Waals surface area contributed by atoms with Gasteiger partial charge in [-0.2, -0.15) is 40.9 Å². The molecule has 0 saturated heterocycles. The monoisotopic (exact) mass is 475 g/mol. The van der Waals surface area contributed by atoms with Crippen molar-refractivity contribution in [1.29, 1.82) is 0 Å². The molecule has 1 saturated carbocycles. The summed E-state index contributed by atoms with van der Waals surface area (Å²) in [5.74, 6) is 0. The summed E-state index contributed by atoms with van der Waals surface area (Å²) in [6, 6.07) is 0. The van der Waals surface area contributed by atoms with E-state index in [1.54, 1.807) is 0 Å². The van der Waals surface area contributed by atoms with E-state index in [0.29, 0.717) is 0 Å². The van der Waals surface area contributed by atoms with Gasteiger partial charge in [0, 0.05) is 6.42 Å². The van der Waals surface area contributed by atoms with Crippen molar-refractivity contribution >= 4 is 0 Å². The Labute approximate surface area is 174 Å². The van der Waals surface area contributed by atoms with Gasteiger partial charge in [-0.3, -0.25) is 0 Å². The molecule has 0 amide bonds. The zero-order valence-electron chi connectivity index (χ0n) is 16.5. The molecule has 1 aliphatic rings. The molecule has 1 rings (SSSR count). The number of halogens is 3. The van der Waals surface area contributed by atoms with Crippen LogP contribution in [-0.4, -0.2) is 28.6 Å². The van der Waals surface area contributed by atoms with Crippen LogP contribution in [0.1, 0.15) is 99.8 Å². The number of aliphatic hydroxyl groups excluding tert-OH is 2. The molecular weight excluding hydrogens is 432 g/mol. The predicted octanol–water partition coefficient (Wildman–Crippen LogP) is 6.90. The first-order chi connectivity index (χ1) is 11.2. The Morgan fingerprint density at radius 2 is 0.962 bits per heavy atom. The minimum Gasteiger partial charge on any atom is -0.393 e. The average molecular weight is 475 g/mol. The minimum absolute atomic E-state index is 0. The van der Waals surface area contributed by atoms with Crippen LogP contribution in [0.5, 0.6) is 0 Å². The second kappa shape index (κ2) is 27.6. The van der Waals surface area contributed by atoms with E-state index in [1.165, 1.54) is 58.3 Å². The van der Waals surface area contributed by atoms with Crippen molar-refractivity contribution in [2.24, 2.45) is 0 Å². The Hall–Kier alpha value is 0.333. The summed E-state index contributed by atoms with van der Waals surface area (Å²) in [6.45, 7) is 9.19. The van der Waals surface area contributed by atoms with E-state index < -0.39 is 24.8 Å². The summed E-state index contributed by atoms with van der Waals surface area (Å²) in [5, 5.41) is 16.7. The van der Waals surface area contributed by atoms with Gasteiger partial charge in [-0.05, 0) is 6.92 Å². The Morgan fingerprint density at radius 1 is 0.769 bits per heavy atom. The summed E-state index contributed by atoms with van der Waals surface area (Å²) in [6.07, 6.45) is 7.18. The molecule has 0 aromatic carbocycles. The molecule has 0 spiro atoms. The summed E-state index contributed by atoms with van der Waals surface area (Å²) >= 11 is 0. The molecule has 2 nitrogen and oxygen atoms in total. The minimum atomic E-state index is -4.61. The van der Waals surface area contributed by atoms with E-state index in [9.17, 15) is 13.2 Å². The van der Waals surface area contributed by atoms with E-state index in [0.717, 1.165) is 0 Å². The quantitative estimate of drug-likeness (QED) is 0.337. The van der Waals surface area contributed by atoms with Gasteiger partial charge in [0.15, 0.2) is 6.10 Å². The first-order valence-electron chi connectivity index (χ1n) is 9.08. The fraction of sp³-hybridized carbons (Fsp3) is 0.900. The standard InChI is InChI=1S/C8H16.C5H9F3O2.2C3H7.CH4.Rh/c1-2-4-6-8-7-5-3-1;1-3(9)2-4(10)5(6,7)8;2*1-3-2;;/h1-8H2;3-4,9-10H,2H2,1H3;2*3H,1-2H3;1H4;/q;;2*-1;;+2. The first-order valence-corrected chi connectivity index (χ1v) is 9.08. The first kappa shape index (κ1) is 37.1. The van der Waals surface area contributed by atoms with E-state index in [1.807, 2.05) is 40.5 Å². The van der Waals surface area contributed by atoms with Crippen LogP contribution in [0.15, 0.2) is 0 Å². The fourth-order valence-corrected chi connectivity index (χ4v) is 1.87. The summed E-state index contributed by atoms with van der Waals surface area (Å²) in [4.78, 5) is 0. The van der Waals surface area contributed by atoms with Gasteiger partial charge in [-0.1, -0.05) is 58.8 Å². The Bertz CT molecular complexity index is 200. The number of hydrogen-bond donors (Lipinski definition) is 2. The van der Waals surface area contributed by atoms with Crippen LogP contribution in [0.3, 0.4) is 0 Å². The maximum Gasteiger partial charge on any atom is 2.00 e. The molecular formula is C20H43F3O2Rh. The van der Waals surface area contributed by atoms with Gasteiger partial charge in [0.2, 0.25) is 0 Å². The van der Waals surface area contributed by atoms with Crippen LogP contribution in [0.2, 0.25) is 0 Å². The van der Waals surface area contributed by atoms with Gasteiger partial charge >= 0.3 is 25.7 Å². The molecule has 6 heteroatoms. The van der Waals surface area contributed by atoms with Crippen LogP contribution in [-0.2, 0) is 19.5 Å². The topological polar surface area (TPSA) is 40.5 Å². The molecule has 0 aromatic rings. The van der Waals surface area contributed by atoms with Crippen molar-refractivity contribution in [2.75, 3.05) is 0 Å². The van der Waals surface area contributed by atoms with Gasteiger partial charge < -0.3 is 23.1 Å². The molecule has 0 heterocycles. The smallest absolute Gasteiger partial charge is 0.393 e. The van der Waals surface area contributed by atoms with Crippen LogP contribution in [0, 0.1) is 12.8 Å². The molecule has 2 unspecified atom stereocenters. The zero-order chi connectivity index (χ0) is 19.4. The zero-order valence-corrected chi connectivity index (χ0v) is 18.2. The van der Waals surface area contributed by atoms with Crippen molar-refractivity contribution in [3.8, 4) is 0 Å². The molecule has 165 valence electrons. The van der Waals surface area contributed by atoms with Gasteiger partial charge in [0.05, 0.1) is 6.10 Å². The third-order valence-corrected chi connectivity index (χ3v) is 2.94. The molecule has 1 aliphatic carbocycles. The van der Waals surface area contributed by atoms with Crippen LogP contribution < -0.4 is 0 Å². The largest absolute Gasteiger partial charge is 2.00 e.